The van der Waals surface area contributed by atoms with E-state index in [0.717, 1.165) is 0 Å². The summed E-state index contributed by atoms with van der Waals surface area (Å²) in [6, 6.07) is 0. The van der Waals surface area contributed by atoms with Gasteiger partial charge < -0.3 is 23.7 Å². The molecule has 1 spiro atoms. The van der Waals surface area contributed by atoms with Crippen LogP contribution in [0.3, 0.4) is 0 Å². The molecule has 8 nitrogen and oxygen atoms in total. The van der Waals surface area contributed by atoms with Crippen LogP contribution in [0.1, 0.15) is 47.5 Å². The molecular weight excluding hydrogens is 380 g/mol. The fraction of sp³-hybridized carbons (Fsp3) is 0.667. The number of hydrogen-bond acceptors (Lipinski definition) is 8. The van der Waals surface area contributed by atoms with E-state index >= 15 is 0 Å². The highest BCUT2D eigenvalue weighted by atomic mass is 16.7. The van der Waals surface area contributed by atoms with Crippen molar-refractivity contribution in [3.8, 4) is 0 Å². The van der Waals surface area contributed by atoms with Gasteiger partial charge in [-0.25, -0.2) is 0 Å². The second kappa shape index (κ2) is 8.18. The Morgan fingerprint density at radius 2 is 1.69 bits per heavy atom. The van der Waals surface area contributed by atoms with Crippen LogP contribution in [0, 0.1) is 17.8 Å². The number of hydrogen-bond donors (Lipinski definition) is 0. The van der Waals surface area contributed by atoms with Crippen molar-refractivity contribution in [3.63, 3.8) is 0 Å². The van der Waals surface area contributed by atoms with Crippen LogP contribution in [0.15, 0.2) is 23.7 Å². The van der Waals surface area contributed by atoms with Gasteiger partial charge in [0.1, 0.15) is 11.9 Å². The van der Waals surface area contributed by atoms with Crippen LogP contribution in [0.5, 0.6) is 0 Å². The molecule has 0 bridgehead atoms. The Hall–Kier alpha value is -2.35. The van der Waals surface area contributed by atoms with Crippen molar-refractivity contribution >= 4 is 17.9 Å². The lowest BCUT2D eigenvalue weighted by Crippen LogP contribution is -2.44. The number of fused-ring (bicyclic) bond motifs is 2. The van der Waals surface area contributed by atoms with E-state index in [4.69, 9.17) is 23.7 Å². The average molecular weight is 408 g/mol. The highest BCUT2D eigenvalue weighted by Crippen LogP contribution is 2.54. The van der Waals surface area contributed by atoms with Gasteiger partial charge in [-0.2, -0.15) is 0 Å². The van der Waals surface area contributed by atoms with Gasteiger partial charge in [0.25, 0.3) is 6.29 Å². The zero-order chi connectivity index (χ0) is 21.3. The van der Waals surface area contributed by atoms with Crippen LogP contribution in [-0.2, 0) is 38.1 Å². The van der Waals surface area contributed by atoms with Crippen molar-refractivity contribution in [1.29, 1.82) is 0 Å². The molecule has 3 aliphatic rings. The Balaban J connectivity index is 1.85. The predicted molar refractivity (Wildman–Crippen MR) is 99.9 cm³/mol. The monoisotopic (exact) mass is 408 g/mol. The number of allylic oxidation sites excluding steroid dienone is 1. The Bertz CT molecular complexity index is 744. The van der Waals surface area contributed by atoms with Crippen LogP contribution in [0.4, 0.5) is 0 Å². The maximum absolute atomic E-state index is 12.2. The largest absolute Gasteiger partial charge is 0.458 e. The van der Waals surface area contributed by atoms with E-state index in [2.05, 4.69) is 0 Å². The maximum atomic E-state index is 12.2. The number of esters is 3. The molecule has 8 heteroatoms. The van der Waals surface area contributed by atoms with Gasteiger partial charge in [-0.1, -0.05) is 27.7 Å². The number of rotatable bonds is 7. The second-order valence-electron chi connectivity index (χ2n) is 8.52. The van der Waals surface area contributed by atoms with Gasteiger partial charge in [0, 0.05) is 25.3 Å². The van der Waals surface area contributed by atoms with E-state index in [-0.39, 0.29) is 36.4 Å². The zero-order valence-electron chi connectivity index (χ0n) is 17.4. The van der Waals surface area contributed by atoms with Crippen LogP contribution in [0.2, 0.25) is 0 Å². The van der Waals surface area contributed by atoms with Gasteiger partial charge in [-0.3, -0.25) is 14.4 Å². The van der Waals surface area contributed by atoms with Crippen LogP contribution >= 0.6 is 0 Å². The van der Waals surface area contributed by atoms with Crippen molar-refractivity contribution < 1.29 is 38.1 Å². The zero-order valence-corrected chi connectivity index (χ0v) is 17.4. The lowest BCUT2D eigenvalue weighted by Gasteiger charge is -2.33. The van der Waals surface area contributed by atoms with Gasteiger partial charge >= 0.3 is 17.9 Å². The first-order chi connectivity index (χ1) is 13.6. The molecule has 29 heavy (non-hydrogen) atoms. The Morgan fingerprint density at radius 1 is 1.10 bits per heavy atom. The van der Waals surface area contributed by atoms with E-state index in [9.17, 15) is 14.4 Å². The highest BCUT2D eigenvalue weighted by molar-refractivity contribution is 5.72. The quantitative estimate of drug-likeness (QED) is 0.360. The molecule has 1 aliphatic carbocycles. The Labute approximate surface area is 170 Å². The minimum atomic E-state index is -0.955. The molecule has 2 aliphatic heterocycles. The lowest BCUT2D eigenvalue weighted by atomic mass is 9.87. The molecule has 0 aromatic rings. The van der Waals surface area contributed by atoms with Gasteiger partial charge in [0.15, 0.2) is 11.9 Å². The number of carbonyl (C=O) groups excluding carboxylic acids is 3. The highest BCUT2D eigenvalue weighted by Gasteiger charge is 2.68. The SMILES string of the molecule is CC(=O)OC1=CO[C@@H](OC(=O)CC(C)C)[C@H]2C1=C[C@H](OC(=O)CC(C)C)[C@]21CO1. The topological polar surface area (TPSA) is 101 Å². The van der Waals surface area contributed by atoms with Gasteiger partial charge in [-0.15, -0.1) is 0 Å². The second-order valence-corrected chi connectivity index (χ2v) is 8.52. The third kappa shape index (κ3) is 4.63. The molecule has 3 rings (SSSR count). The van der Waals surface area contributed by atoms with E-state index in [1.165, 1.54) is 13.2 Å². The first-order valence-corrected chi connectivity index (χ1v) is 9.91. The minimum absolute atomic E-state index is 0.132. The van der Waals surface area contributed by atoms with Crippen molar-refractivity contribution in [1.82, 2.24) is 0 Å². The molecule has 0 unspecified atom stereocenters. The third-order valence-corrected chi connectivity index (χ3v) is 4.93. The third-order valence-electron chi connectivity index (χ3n) is 4.93. The Morgan fingerprint density at radius 3 is 2.21 bits per heavy atom. The fourth-order valence-electron chi connectivity index (χ4n) is 3.66. The smallest absolute Gasteiger partial charge is 0.309 e. The fourth-order valence-corrected chi connectivity index (χ4v) is 3.66. The predicted octanol–water partition coefficient (Wildman–Crippen LogP) is 2.62. The summed E-state index contributed by atoms with van der Waals surface area (Å²) in [4.78, 5) is 36.0. The first-order valence-electron chi connectivity index (χ1n) is 9.91. The summed E-state index contributed by atoms with van der Waals surface area (Å²) in [5, 5.41) is 0. The van der Waals surface area contributed by atoms with Crippen LogP contribution in [-0.4, -0.2) is 42.5 Å². The summed E-state index contributed by atoms with van der Waals surface area (Å²) < 4.78 is 27.8. The van der Waals surface area contributed by atoms with Crippen LogP contribution < -0.4 is 0 Å². The number of epoxide rings is 1. The molecule has 4 atom stereocenters. The van der Waals surface area contributed by atoms with Crippen molar-refractivity contribution in [2.24, 2.45) is 17.8 Å². The molecular formula is C21H28O8. The number of ether oxygens (including phenoxy) is 5. The standard InChI is InChI=1S/C21H28O8/c1-11(2)6-17(23)28-16-8-14-15(27-13(5)22)9-25-20(19(14)21(16)10-26-21)29-18(24)7-12(3)4/h8-9,11-12,16,19-20H,6-7,10H2,1-5H3/t16-,19+,20-,21+/m0/s1. The summed E-state index contributed by atoms with van der Waals surface area (Å²) in [5.41, 5.74) is -0.307. The maximum Gasteiger partial charge on any atom is 0.309 e. The molecule has 1 saturated heterocycles. The van der Waals surface area contributed by atoms with E-state index in [0.29, 0.717) is 12.2 Å². The normalized spacial score (nSPS) is 29.7. The molecule has 1 fully saturated rings. The molecule has 2 heterocycles. The lowest BCUT2D eigenvalue weighted by molar-refractivity contribution is -0.187. The van der Waals surface area contributed by atoms with Crippen LogP contribution in [0.25, 0.3) is 0 Å². The van der Waals surface area contributed by atoms with E-state index < -0.39 is 35.9 Å². The van der Waals surface area contributed by atoms with Crippen molar-refractivity contribution in [2.75, 3.05) is 6.61 Å². The molecule has 0 radical (unpaired) electrons. The van der Waals surface area contributed by atoms with Gasteiger partial charge in [0.2, 0.25) is 0 Å². The van der Waals surface area contributed by atoms with E-state index in [1.54, 1.807) is 6.08 Å². The average Bonchev–Trinajstić information content (AvgIpc) is 3.29. The van der Waals surface area contributed by atoms with Gasteiger partial charge in [0.05, 0.1) is 12.5 Å². The number of carbonyl (C=O) groups is 3. The minimum Gasteiger partial charge on any atom is -0.458 e. The molecule has 0 N–H and O–H groups in total. The molecule has 0 saturated carbocycles. The molecule has 0 aromatic heterocycles. The van der Waals surface area contributed by atoms with E-state index in [1.807, 2.05) is 27.7 Å². The van der Waals surface area contributed by atoms with Crippen molar-refractivity contribution in [2.45, 2.75) is 65.5 Å². The first kappa shape index (κ1) is 21.4. The molecule has 0 aromatic carbocycles. The summed E-state index contributed by atoms with van der Waals surface area (Å²) in [6.45, 7) is 9.28. The summed E-state index contributed by atoms with van der Waals surface area (Å²) >= 11 is 0. The molecule has 0 amide bonds. The molecule has 160 valence electrons. The Kier molecular flexibility index (Phi) is 6.03. The van der Waals surface area contributed by atoms with Gasteiger partial charge in [-0.05, 0) is 17.9 Å². The van der Waals surface area contributed by atoms with Crippen molar-refractivity contribution in [3.05, 3.63) is 23.7 Å². The summed E-state index contributed by atoms with van der Waals surface area (Å²) in [7, 11) is 0. The summed E-state index contributed by atoms with van der Waals surface area (Å²) in [5.74, 6) is -1.33. The summed E-state index contributed by atoms with van der Waals surface area (Å²) in [6.07, 6.45) is 1.84.